The van der Waals surface area contributed by atoms with Crippen LogP contribution >= 0.6 is 0 Å². The van der Waals surface area contributed by atoms with Gasteiger partial charge in [-0.2, -0.15) is 0 Å². The predicted molar refractivity (Wildman–Crippen MR) is 41.9 cm³/mol. The fraction of sp³-hybridized carbons (Fsp3) is 0.667. The number of ketones is 1. The lowest BCUT2D eigenvalue weighted by Gasteiger charge is -2.28. The van der Waals surface area contributed by atoms with Crippen LogP contribution in [0.25, 0.3) is 0 Å². The van der Waals surface area contributed by atoms with Crippen LogP contribution in [0.5, 0.6) is 0 Å². The Morgan fingerprint density at radius 2 is 2.36 bits per heavy atom. The van der Waals surface area contributed by atoms with Gasteiger partial charge in [-0.05, 0) is 19.3 Å². The van der Waals surface area contributed by atoms with Gasteiger partial charge in [0, 0.05) is 12.8 Å². The van der Waals surface area contributed by atoms with E-state index >= 15 is 0 Å². The van der Waals surface area contributed by atoms with Gasteiger partial charge in [-0.1, -0.05) is 0 Å². The van der Waals surface area contributed by atoms with Gasteiger partial charge in [-0.3, -0.25) is 4.79 Å². The number of hydrogen-bond donors (Lipinski definition) is 1. The number of Topliss-reactive ketones (excluding diaryl/α,β-unsaturated/α-hetero) is 1. The fourth-order valence-corrected chi connectivity index (χ4v) is 1.43. The Kier molecular flexibility index (Phi) is 2.31. The molecule has 0 amide bonds. The highest BCUT2D eigenvalue weighted by Crippen LogP contribution is 2.27. The molecule has 1 rings (SSSR count). The molecule has 60 valence electrons. The van der Waals surface area contributed by atoms with Gasteiger partial charge in [-0.15, -0.1) is 12.3 Å². The highest BCUT2D eigenvalue weighted by Gasteiger charge is 2.36. The summed E-state index contributed by atoms with van der Waals surface area (Å²) in [6.07, 6.45) is 8.04. The van der Waals surface area contributed by atoms with Crippen molar-refractivity contribution in [2.24, 2.45) is 0 Å². The smallest absolute Gasteiger partial charge is 0.165 e. The number of carbonyl (C=O) groups is 1. The molecular formula is C9H12O2. The van der Waals surface area contributed by atoms with Crippen LogP contribution < -0.4 is 0 Å². The molecule has 0 aromatic carbocycles. The van der Waals surface area contributed by atoms with Crippen LogP contribution in [-0.4, -0.2) is 16.5 Å². The summed E-state index contributed by atoms with van der Waals surface area (Å²) in [5, 5.41) is 9.65. The Morgan fingerprint density at radius 1 is 1.64 bits per heavy atom. The highest BCUT2D eigenvalue weighted by molar-refractivity contribution is 5.87. The largest absolute Gasteiger partial charge is 0.381 e. The van der Waals surface area contributed by atoms with Crippen molar-refractivity contribution in [1.82, 2.24) is 0 Å². The molecule has 0 bridgehead atoms. The fourth-order valence-electron chi connectivity index (χ4n) is 1.43. The molecule has 1 unspecified atom stereocenters. The van der Waals surface area contributed by atoms with Gasteiger partial charge in [0.15, 0.2) is 5.78 Å². The summed E-state index contributed by atoms with van der Waals surface area (Å²) in [4.78, 5) is 11.2. The Balaban J connectivity index is 2.66. The molecule has 2 heteroatoms. The van der Waals surface area contributed by atoms with Crippen LogP contribution in [0.4, 0.5) is 0 Å². The van der Waals surface area contributed by atoms with E-state index < -0.39 is 5.60 Å². The van der Waals surface area contributed by atoms with Crippen molar-refractivity contribution in [1.29, 1.82) is 0 Å². The first-order valence-electron chi connectivity index (χ1n) is 3.88. The van der Waals surface area contributed by atoms with E-state index in [4.69, 9.17) is 6.42 Å². The first kappa shape index (κ1) is 8.29. The molecule has 0 radical (unpaired) electrons. The van der Waals surface area contributed by atoms with Gasteiger partial charge in [-0.25, -0.2) is 0 Å². The van der Waals surface area contributed by atoms with Crippen LogP contribution in [0.15, 0.2) is 0 Å². The summed E-state index contributed by atoms with van der Waals surface area (Å²) >= 11 is 0. The van der Waals surface area contributed by atoms with E-state index in [1.54, 1.807) is 0 Å². The number of carbonyl (C=O) groups excluding carboxylic acids is 1. The summed E-state index contributed by atoms with van der Waals surface area (Å²) in [5.41, 5.74) is -1.19. The maximum absolute atomic E-state index is 11.2. The molecule has 0 heterocycles. The van der Waals surface area contributed by atoms with Gasteiger partial charge in [0.25, 0.3) is 0 Å². The molecular weight excluding hydrogens is 140 g/mol. The van der Waals surface area contributed by atoms with Crippen LogP contribution in [0.3, 0.4) is 0 Å². The zero-order valence-electron chi connectivity index (χ0n) is 6.47. The summed E-state index contributed by atoms with van der Waals surface area (Å²) in [6, 6.07) is 0. The topological polar surface area (TPSA) is 37.3 Å². The normalized spacial score (nSPS) is 31.5. The quantitative estimate of drug-likeness (QED) is 0.566. The van der Waals surface area contributed by atoms with Crippen molar-refractivity contribution in [2.75, 3.05) is 0 Å². The zero-order chi connectivity index (χ0) is 8.32. The molecule has 0 saturated heterocycles. The van der Waals surface area contributed by atoms with Crippen molar-refractivity contribution in [3.63, 3.8) is 0 Å². The first-order valence-corrected chi connectivity index (χ1v) is 3.88. The maximum atomic E-state index is 11.2. The average Bonchev–Trinajstić information content (AvgIpc) is 1.96. The third kappa shape index (κ3) is 1.61. The SMILES string of the molecule is C#CCC1(O)CCCCC1=O. The minimum absolute atomic E-state index is 0.0818. The van der Waals surface area contributed by atoms with Crippen LogP contribution in [0, 0.1) is 12.3 Å². The lowest BCUT2D eigenvalue weighted by Crippen LogP contribution is -2.40. The molecule has 1 fully saturated rings. The van der Waals surface area contributed by atoms with Crippen LogP contribution in [-0.2, 0) is 4.79 Å². The van der Waals surface area contributed by atoms with Crippen molar-refractivity contribution in [3.8, 4) is 12.3 Å². The molecule has 1 N–H and O–H groups in total. The third-order valence-corrected chi connectivity index (χ3v) is 2.16. The number of hydrogen-bond acceptors (Lipinski definition) is 2. The Morgan fingerprint density at radius 3 is 2.91 bits per heavy atom. The van der Waals surface area contributed by atoms with Crippen molar-refractivity contribution in [2.45, 2.75) is 37.7 Å². The number of rotatable bonds is 1. The second kappa shape index (κ2) is 3.06. The van der Waals surface area contributed by atoms with Crippen molar-refractivity contribution >= 4 is 5.78 Å². The molecule has 11 heavy (non-hydrogen) atoms. The van der Waals surface area contributed by atoms with E-state index in [1.165, 1.54) is 0 Å². The molecule has 1 atom stereocenters. The van der Waals surface area contributed by atoms with E-state index in [0.29, 0.717) is 12.8 Å². The predicted octanol–water partition coefficient (Wildman–Crippen LogP) is 0.884. The molecule has 1 aliphatic rings. The minimum atomic E-state index is -1.19. The van der Waals surface area contributed by atoms with Gasteiger partial charge in [0.1, 0.15) is 5.60 Å². The second-order valence-electron chi connectivity index (χ2n) is 3.04. The lowest BCUT2D eigenvalue weighted by molar-refractivity contribution is -0.140. The Labute approximate surface area is 66.6 Å². The number of terminal acetylenes is 1. The van der Waals surface area contributed by atoms with E-state index in [9.17, 15) is 9.90 Å². The summed E-state index contributed by atoms with van der Waals surface area (Å²) in [5.74, 6) is 2.26. The Hall–Kier alpha value is -0.810. The van der Waals surface area contributed by atoms with Crippen molar-refractivity contribution < 1.29 is 9.90 Å². The Bertz CT molecular complexity index is 202. The molecule has 0 aromatic rings. The van der Waals surface area contributed by atoms with E-state index in [0.717, 1.165) is 12.8 Å². The molecule has 1 aliphatic carbocycles. The second-order valence-corrected chi connectivity index (χ2v) is 3.04. The van der Waals surface area contributed by atoms with Gasteiger partial charge < -0.3 is 5.11 Å². The molecule has 1 saturated carbocycles. The summed E-state index contributed by atoms with van der Waals surface area (Å²) in [6.45, 7) is 0. The van der Waals surface area contributed by atoms with Gasteiger partial charge in [0.2, 0.25) is 0 Å². The van der Waals surface area contributed by atoms with Gasteiger partial charge in [0.05, 0.1) is 0 Å². The number of aliphatic hydroxyl groups is 1. The standard InChI is InChI=1S/C9H12O2/c1-2-6-9(11)7-4-3-5-8(9)10/h1,11H,3-7H2. The van der Waals surface area contributed by atoms with Crippen molar-refractivity contribution in [3.05, 3.63) is 0 Å². The average molecular weight is 152 g/mol. The van der Waals surface area contributed by atoms with E-state index in [2.05, 4.69) is 5.92 Å². The highest BCUT2D eigenvalue weighted by atomic mass is 16.3. The monoisotopic (exact) mass is 152 g/mol. The molecule has 2 nitrogen and oxygen atoms in total. The summed E-state index contributed by atoms with van der Waals surface area (Å²) < 4.78 is 0. The van der Waals surface area contributed by atoms with E-state index in [-0.39, 0.29) is 12.2 Å². The molecule has 0 aromatic heterocycles. The molecule has 0 spiro atoms. The maximum Gasteiger partial charge on any atom is 0.165 e. The summed E-state index contributed by atoms with van der Waals surface area (Å²) in [7, 11) is 0. The van der Waals surface area contributed by atoms with E-state index in [1.807, 2.05) is 0 Å². The zero-order valence-corrected chi connectivity index (χ0v) is 6.47. The molecule has 0 aliphatic heterocycles. The minimum Gasteiger partial charge on any atom is -0.381 e. The third-order valence-electron chi connectivity index (χ3n) is 2.16. The lowest BCUT2D eigenvalue weighted by atomic mass is 9.81. The van der Waals surface area contributed by atoms with Crippen LogP contribution in [0.2, 0.25) is 0 Å². The first-order chi connectivity index (χ1) is 5.19. The van der Waals surface area contributed by atoms with Crippen LogP contribution in [0.1, 0.15) is 32.1 Å². The van der Waals surface area contributed by atoms with Gasteiger partial charge >= 0.3 is 0 Å².